The molecule has 0 radical (unpaired) electrons. The summed E-state index contributed by atoms with van der Waals surface area (Å²) < 4.78 is 4.97. The highest BCUT2D eigenvalue weighted by molar-refractivity contribution is 9.10. The highest BCUT2D eigenvalue weighted by Gasteiger charge is 2.08. The van der Waals surface area contributed by atoms with E-state index >= 15 is 0 Å². The van der Waals surface area contributed by atoms with Crippen LogP contribution in [0.4, 0.5) is 0 Å². The van der Waals surface area contributed by atoms with E-state index in [1.165, 1.54) is 7.11 Å². The van der Waals surface area contributed by atoms with Crippen molar-refractivity contribution in [1.29, 1.82) is 0 Å². The van der Waals surface area contributed by atoms with Gasteiger partial charge in [-0.1, -0.05) is 6.07 Å². The van der Waals surface area contributed by atoms with Crippen molar-refractivity contribution in [1.82, 2.24) is 15.0 Å². The van der Waals surface area contributed by atoms with Crippen LogP contribution in [-0.4, -0.2) is 27.2 Å². The molecule has 0 aliphatic carbocycles. The van der Waals surface area contributed by atoms with Crippen LogP contribution < -0.4 is 10.3 Å². The standard InChI is InChI=1S/C11H10BrN3O3/c1-18-8-3-2-6(5-13-8)4-7-14-10(16)9(12)11(17)15-7/h2-3,5H,4H2,1H3,(H2,14,15,16,17). The van der Waals surface area contributed by atoms with Gasteiger partial charge in [0.2, 0.25) is 11.8 Å². The molecule has 18 heavy (non-hydrogen) atoms. The molecule has 0 aromatic carbocycles. The van der Waals surface area contributed by atoms with Crippen LogP contribution in [0.5, 0.6) is 11.8 Å². The van der Waals surface area contributed by atoms with Gasteiger partial charge in [0.1, 0.15) is 10.3 Å². The Hall–Kier alpha value is -1.89. The molecule has 0 bridgehead atoms. The van der Waals surface area contributed by atoms with E-state index in [-0.39, 0.29) is 10.4 Å². The van der Waals surface area contributed by atoms with E-state index in [2.05, 4.69) is 30.9 Å². The average molecular weight is 312 g/mol. The summed E-state index contributed by atoms with van der Waals surface area (Å²) in [5.74, 6) is 0.557. The predicted octanol–water partition coefficient (Wildman–Crippen LogP) is 1.23. The minimum Gasteiger partial charge on any atom is -0.492 e. The quantitative estimate of drug-likeness (QED) is 0.890. The molecule has 7 heteroatoms. The van der Waals surface area contributed by atoms with Crippen LogP contribution in [0.15, 0.2) is 27.6 Å². The van der Waals surface area contributed by atoms with Crippen LogP contribution in [-0.2, 0) is 6.42 Å². The molecule has 0 aliphatic rings. The molecular formula is C11H10BrN3O3. The number of H-pyrrole nitrogens is 1. The molecule has 0 aliphatic heterocycles. The van der Waals surface area contributed by atoms with Crippen molar-refractivity contribution in [3.05, 3.63) is 44.5 Å². The number of hydrogen-bond acceptors (Lipinski definition) is 5. The number of aromatic nitrogens is 3. The molecule has 0 fully saturated rings. The maximum Gasteiger partial charge on any atom is 0.269 e. The van der Waals surface area contributed by atoms with Crippen LogP contribution >= 0.6 is 15.9 Å². The number of nitrogens with one attached hydrogen (secondary N) is 1. The van der Waals surface area contributed by atoms with Gasteiger partial charge in [-0.15, -0.1) is 0 Å². The monoisotopic (exact) mass is 311 g/mol. The summed E-state index contributed by atoms with van der Waals surface area (Å²) in [7, 11) is 1.54. The highest BCUT2D eigenvalue weighted by Crippen LogP contribution is 2.16. The fourth-order valence-corrected chi connectivity index (χ4v) is 1.59. The number of aromatic amines is 1. The third-order valence-electron chi connectivity index (χ3n) is 2.27. The Morgan fingerprint density at radius 1 is 1.50 bits per heavy atom. The lowest BCUT2D eigenvalue weighted by Gasteiger charge is -2.03. The van der Waals surface area contributed by atoms with Gasteiger partial charge in [0.25, 0.3) is 5.56 Å². The Morgan fingerprint density at radius 3 is 2.83 bits per heavy atom. The second kappa shape index (κ2) is 5.18. The van der Waals surface area contributed by atoms with Crippen LogP contribution in [0.1, 0.15) is 11.4 Å². The zero-order chi connectivity index (χ0) is 13.1. The second-order valence-electron chi connectivity index (χ2n) is 3.54. The van der Waals surface area contributed by atoms with Gasteiger partial charge in [0, 0.05) is 18.7 Å². The minimum atomic E-state index is -0.418. The largest absolute Gasteiger partial charge is 0.492 e. The topological polar surface area (TPSA) is 88.1 Å². The number of rotatable bonds is 3. The number of halogens is 1. The first-order valence-electron chi connectivity index (χ1n) is 5.06. The molecule has 2 aromatic heterocycles. The van der Waals surface area contributed by atoms with E-state index in [9.17, 15) is 9.90 Å². The molecule has 94 valence electrons. The molecule has 2 heterocycles. The number of hydrogen-bond donors (Lipinski definition) is 2. The smallest absolute Gasteiger partial charge is 0.269 e. The summed E-state index contributed by atoms with van der Waals surface area (Å²) in [5.41, 5.74) is 0.430. The van der Waals surface area contributed by atoms with E-state index in [0.717, 1.165) is 5.56 Å². The van der Waals surface area contributed by atoms with Gasteiger partial charge < -0.3 is 14.8 Å². The number of ether oxygens (including phenoxy) is 1. The molecule has 2 aromatic rings. The normalized spacial score (nSPS) is 10.3. The number of nitrogens with zero attached hydrogens (tertiary/aromatic N) is 2. The number of methoxy groups -OCH3 is 1. The van der Waals surface area contributed by atoms with Gasteiger partial charge in [0.15, 0.2) is 0 Å². The fourth-order valence-electron chi connectivity index (χ4n) is 1.41. The summed E-state index contributed by atoms with van der Waals surface area (Å²) in [5, 5.41) is 9.43. The van der Waals surface area contributed by atoms with Gasteiger partial charge in [-0.05, 0) is 21.5 Å². The summed E-state index contributed by atoms with van der Waals surface area (Å²) in [4.78, 5) is 21.9. The first-order valence-corrected chi connectivity index (χ1v) is 5.86. The average Bonchev–Trinajstić information content (AvgIpc) is 2.37. The van der Waals surface area contributed by atoms with E-state index < -0.39 is 5.56 Å². The van der Waals surface area contributed by atoms with Crippen molar-refractivity contribution in [3.63, 3.8) is 0 Å². The number of aromatic hydroxyl groups is 1. The Morgan fingerprint density at radius 2 is 2.28 bits per heavy atom. The van der Waals surface area contributed by atoms with Crippen molar-refractivity contribution in [2.24, 2.45) is 0 Å². The van der Waals surface area contributed by atoms with E-state index in [1.54, 1.807) is 12.3 Å². The summed E-state index contributed by atoms with van der Waals surface area (Å²) in [6, 6.07) is 3.52. The summed E-state index contributed by atoms with van der Waals surface area (Å²) in [6.07, 6.45) is 1.99. The summed E-state index contributed by atoms with van der Waals surface area (Å²) >= 11 is 2.93. The Kier molecular flexibility index (Phi) is 3.61. The minimum absolute atomic E-state index is 0.0269. The molecule has 0 saturated heterocycles. The molecular weight excluding hydrogens is 302 g/mol. The SMILES string of the molecule is COc1ccc(Cc2nc(O)c(Br)c(=O)[nH]2)cn1. The molecule has 0 amide bonds. The van der Waals surface area contributed by atoms with Gasteiger partial charge >= 0.3 is 0 Å². The van der Waals surface area contributed by atoms with Crippen LogP contribution in [0, 0.1) is 0 Å². The maximum atomic E-state index is 11.4. The first kappa shape index (κ1) is 12.6. The van der Waals surface area contributed by atoms with Gasteiger partial charge in [0.05, 0.1) is 7.11 Å². The lowest BCUT2D eigenvalue weighted by molar-refractivity contribution is 0.397. The Balaban J connectivity index is 2.25. The van der Waals surface area contributed by atoms with Crippen LogP contribution in [0.2, 0.25) is 0 Å². The molecule has 0 atom stereocenters. The van der Waals surface area contributed by atoms with Crippen molar-refractivity contribution < 1.29 is 9.84 Å². The molecule has 0 unspecified atom stereocenters. The van der Waals surface area contributed by atoms with Gasteiger partial charge in [-0.3, -0.25) is 4.79 Å². The third-order valence-corrected chi connectivity index (χ3v) is 2.99. The molecule has 2 N–H and O–H groups in total. The van der Waals surface area contributed by atoms with Crippen molar-refractivity contribution >= 4 is 15.9 Å². The zero-order valence-electron chi connectivity index (χ0n) is 9.48. The van der Waals surface area contributed by atoms with Crippen molar-refractivity contribution in [2.75, 3.05) is 7.11 Å². The lowest BCUT2D eigenvalue weighted by Crippen LogP contribution is -2.12. The van der Waals surface area contributed by atoms with Crippen molar-refractivity contribution in [2.45, 2.75) is 6.42 Å². The number of pyridine rings is 1. The summed E-state index contributed by atoms with van der Waals surface area (Å²) in [6.45, 7) is 0. The van der Waals surface area contributed by atoms with Gasteiger partial charge in [-0.25, -0.2) is 4.98 Å². The molecule has 2 rings (SSSR count). The van der Waals surface area contributed by atoms with E-state index in [0.29, 0.717) is 18.1 Å². The highest BCUT2D eigenvalue weighted by atomic mass is 79.9. The lowest BCUT2D eigenvalue weighted by atomic mass is 10.2. The zero-order valence-corrected chi connectivity index (χ0v) is 11.1. The fraction of sp³-hybridized carbons (Fsp3) is 0.182. The Bertz CT molecular complexity index is 610. The van der Waals surface area contributed by atoms with E-state index in [4.69, 9.17) is 4.74 Å². The van der Waals surface area contributed by atoms with E-state index in [1.807, 2.05) is 6.07 Å². The maximum absolute atomic E-state index is 11.4. The molecule has 0 saturated carbocycles. The van der Waals surface area contributed by atoms with Crippen LogP contribution in [0.25, 0.3) is 0 Å². The third kappa shape index (κ3) is 2.67. The first-order chi connectivity index (χ1) is 8.60. The Labute approximate surface area is 111 Å². The molecule has 0 spiro atoms. The molecule has 6 nitrogen and oxygen atoms in total. The van der Waals surface area contributed by atoms with Gasteiger partial charge in [-0.2, -0.15) is 4.98 Å². The predicted molar refractivity (Wildman–Crippen MR) is 67.8 cm³/mol. The van der Waals surface area contributed by atoms with Crippen molar-refractivity contribution in [3.8, 4) is 11.8 Å². The van der Waals surface area contributed by atoms with Crippen LogP contribution in [0.3, 0.4) is 0 Å². The second-order valence-corrected chi connectivity index (χ2v) is 4.33.